The number of aromatic nitrogens is 2. The Kier molecular flexibility index (Phi) is 13.4. The number of anilines is 1. The minimum atomic E-state index is -1.16. The molecule has 2 amide bonds. The van der Waals surface area contributed by atoms with Gasteiger partial charge in [-0.25, -0.2) is 14.6 Å². The van der Waals surface area contributed by atoms with Gasteiger partial charge in [-0.1, -0.05) is 42.3 Å². The molecule has 12 nitrogen and oxygen atoms in total. The maximum absolute atomic E-state index is 13.5. The molecule has 0 radical (unpaired) electrons. The Morgan fingerprint density at radius 3 is 2.09 bits per heavy atom. The van der Waals surface area contributed by atoms with Gasteiger partial charge >= 0.3 is 11.9 Å². The number of aryl methyl sites for hydroxylation is 1. The van der Waals surface area contributed by atoms with Crippen molar-refractivity contribution in [1.82, 2.24) is 20.6 Å². The predicted molar refractivity (Wildman–Crippen MR) is 208 cm³/mol. The van der Waals surface area contributed by atoms with Crippen molar-refractivity contribution >= 4 is 40.3 Å². The van der Waals surface area contributed by atoms with Crippen molar-refractivity contribution in [2.24, 2.45) is 0 Å². The lowest BCUT2D eigenvalue weighted by molar-refractivity contribution is -0.159. The highest BCUT2D eigenvalue weighted by Gasteiger charge is 2.30. The molecule has 0 aliphatic carbocycles. The van der Waals surface area contributed by atoms with Gasteiger partial charge < -0.3 is 30.0 Å². The van der Waals surface area contributed by atoms with Gasteiger partial charge in [0, 0.05) is 30.6 Å². The van der Waals surface area contributed by atoms with Crippen molar-refractivity contribution in [3.05, 3.63) is 106 Å². The van der Waals surface area contributed by atoms with Crippen molar-refractivity contribution < 1.29 is 28.7 Å². The van der Waals surface area contributed by atoms with Crippen LogP contribution in [-0.4, -0.2) is 63.6 Å². The molecule has 0 fully saturated rings. The van der Waals surface area contributed by atoms with Gasteiger partial charge in [0.2, 0.25) is 5.91 Å². The molecular formula is C42H49N5O7. The fourth-order valence-corrected chi connectivity index (χ4v) is 5.62. The van der Waals surface area contributed by atoms with E-state index in [2.05, 4.69) is 26.5 Å². The van der Waals surface area contributed by atoms with Crippen molar-refractivity contribution in [1.29, 1.82) is 0 Å². The van der Waals surface area contributed by atoms with Crippen LogP contribution < -0.4 is 21.1 Å². The summed E-state index contributed by atoms with van der Waals surface area (Å²) in [5.41, 5.74) is 1.43. The lowest BCUT2D eigenvalue weighted by Crippen LogP contribution is -2.47. The zero-order valence-corrected chi connectivity index (χ0v) is 31.9. The molecule has 3 aromatic carbocycles. The second-order valence-electron chi connectivity index (χ2n) is 15.1. The molecular weight excluding hydrogens is 686 g/mol. The van der Waals surface area contributed by atoms with E-state index < -0.39 is 47.0 Å². The topological polar surface area (TPSA) is 160 Å². The van der Waals surface area contributed by atoms with Crippen LogP contribution in [0.5, 0.6) is 0 Å². The highest BCUT2D eigenvalue weighted by atomic mass is 16.6. The molecule has 54 heavy (non-hydrogen) atoms. The van der Waals surface area contributed by atoms with Crippen LogP contribution in [0.2, 0.25) is 0 Å². The van der Waals surface area contributed by atoms with Crippen molar-refractivity contribution in [3.8, 4) is 12.3 Å². The third-order valence-corrected chi connectivity index (χ3v) is 8.00. The summed E-state index contributed by atoms with van der Waals surface area (Å²) in [6, 6.07) is 19.3. The first kappa shape index (κ1) is 40.8. The zero-order chi connectivity index (χ0) is 39.6. The lowest BCUT2D eigenvalue weighted by atomic mass is 10.0. The third kappa shape index (κ3) is 12.3. The average molecular weight is 736 g/mol. The second kappa shape index (κ2) is 17.7. The normalized spacial score (nSPS) is 12.6. The lowest BCUT2D eigenvalue weighted by Gasteiger charge is -2.26. The fraction of sp³-hybridized carbons (Fsp3) is 0.381. The Balaban J connectivity index is 1.46. The Labute approximate surface area is 316 Å². The second-order valence-corrected chi connectivity index (χ2v) is 15.1. The number of fused-ring (bicyclic) bond motifs is 1. The van der Waals surface area contributed by atoms with Crippen molar-refractivity contribution in [2.75, 3.05) is 11.4 Å². The average Bonchev–Trinajstić information content (AvgIpc) is 3.08. The molecule has 1 aromatic heterocycles. The molecule has 4 aromatic rings. The zero-order valence-electron chi connectivity index (χ0n) is 31.9. The van der Waals surface area contributed by atoms with Gasteiger partial charge in [0.25, 0.3) is 11.5 Å². The van der Waals surface area contributed by atoms with E-state index in [4.69, 9.17) is 15.9 Å². The molecule has 0 saturated heterocycles. The van der Waals surface area contributed by atoms with E-state index in [1.165, 1.54) is 0 Å². The summed E-state index contributed by atoms with van der Waals surface area (Å²) in [6.07, 6.45) is 5.63. The molecule has 0 aliphatic heterocycles. The number of hydrogen-bond acceptors (Lipinski definition) is 9. The van der Waals surface area contributed by atoms with E-state index in [1.54, 1.807) is 84.9 Å². The number of esters is 2. The van der Waals surface area contributed by atoms with E-state index in [9.17, 15) is 24.0 Å². The number of aromatic amines is 1. The summed E-state index contributed by atoms with van der Waals surface area (Å²) in [7, 11) is 0. The van der Waals surface area contributed by atoms with E-state index >= 15 is 0 Å². The molecule has 0 bridgehead atoms. The molecule has 0 spiro atoms. The van der Waals surface area contributed by atoms with Gasteiger partial charge in [-0.2, -0.15) is 0 Å². The number of nitrogens with one attached hydrogen (secondary N) is 3. The number of terminal acetylenes is 1. The Morgan fingerprint density at radius 2 is 1.48 bits per heavy atom. The molecule has 0 unspecified atom stereocenters. The summed E-state index contributed by atoms with van der Waals surface area (Å²) in [6.45, 7) is 12.7. The Morgan fingerprint density at radius 1 is 0.852 bits per heavy atom. The van der Waals surface area contributed by atoms with Crippen LogP contribution in [0.25, 0.3) is 10.9 Å². The highest BCUT2D eigenvalue weighted by molar-refractivity contribution is 5.97. The first-order valence-electron chi connectivity index (χ1n) is 17.8. The maximum atomic E-state index is 13.5. The molecule has 1 heterocycles. The van der Waals surface area contributed by atoms with Crippen LogP contribution in [0.1, 0.15) is 81.7 Å². The summed E-state index contributed by atoms with van der Waals surface area (Å²) in [4.78, 5) is 74.6. The largest absolute Gasteiger partial charge is 0.458 e. The number of H-pyrrole nitrogens is 1. The molecule has 4 rings (SSSR count). The predicted octanol–water partition coefficient (Wildman–Crippen LogP) is 5.16. The number of nitrogens with zero attached hydrogens (tertiary/aromatic N) is 2. The van der Waals surface area contributed by atoms with Gasteiger partial charge in [0.05, 0.1) is 17.4 Å². The molecule has 284 valence electrons. The van der Waals surface area contributed by atoms with Gasteiger partial charge in [0.1, 0.15) is 29.1 Å². The smallest absolute Gasteiger partial charge is 0.329 e. The minimum Gasteiger partial charge on any atom is -0.458 e. The number of rotatable bonds is 14. The van der Waals surface area contributed by atoms with E-state index in [1.807, 2.05) is 41.3 Å². The minimum absolute atomic E-state index is 0.0867. The van der Waals surface area contributed by atoms with E-state index in [-0.39, 0.29) is 36.9 Å². The molecule has 0 saturated carbocycles. The number of benzene rings is 3. The Bertz CT molecular complexity index is 2060. The summed E-state index contributed by atoms with van der Waals surface area (Å²) in [5.74, 6) is 0.862. The molecule has 12 heteroatoms. The van der Waals surface area contributed by atoms with Gasteiger partial charge in [-0.3, -0.25) is 14.4 Å². The van der Waals surface area contributed by atoms with Crippen LogP contribution in [0.15, 0.2) is 77.6 Å². The van der Waals surface area contributed by atoms with Crippen LogP contribution in [0, 0.1) is 19.3 Å². The number of hydrogen-bond donors (Lipinski definition) is 3. The first-order valence-corrected chi connectivity index (χ1v) is 17.8. The number of ether oxygens (including phenoxy) is 2. The van der Waals surface area contributed by atoms with Crippen LogP contribution in [-0.2, 0) is 36.8 Å². The molecule has 2 atom stereocenters. The van der Waals surface area contributed by atoms with Crippen molar-refractivity contribution in [2.45, 2.75) is 97.6 Å². The van der Waals surface area contributed by atoms with Crippen LogP contribution in [0.3, 0.4) is 0 Å². The van der Waals surface area contributed by atoms with Gasteiger partial charge in [-0.15, -0.1) is 6.42 Å². The monoisotopic (exact) mass is 735 g/mol. The maximum Gasteiger partial charge on any atom is 0.329 e. The number of carbonyl (C=O) groups excluding carboxylic acids is 4. The third-order valence-electron chi connectivity index (χ3n) is 8.00. The van der Waals surface area contributed by atoms with Crippen molar-refractivity contribution in [3.63, 3.8) is 0 Å². The SMILES string of the molecule is C#CCN(Cc1ccc2nc(C)[nH]c(=O)c2c1)c1ccc(C(=O)N[C@@H](CCC(=O)N[C@H](Cc2ccccc2)C(=O)OC(C)(C)C)C(=O)OC(C)(C)C)cc1. The number of amides is 2. The van der Waals surface area contributed by atoms with Crippen LogP contribution in [0.4, 0.5) is 5.69 Å². The fourth-order valence-electron chi connectivity index (χ4n) is 5.62. The van der Waals surface area contributed by atoms with Gasteiger partial charge in [0.15, 0.2) is 0 Å². The quantitative estimate of drug-likeness (QED) is 0.117. The summed E-state index contributed by atoms with van der Waals surface area (Å²) < 4.78 is 11.2. The molecule has 0 aliphatic rings. The first-order chi connectivity index (χ1) is 25.4. The van der Waals surface area contributed by atoms with Gasteiger partial charge in [-0.05, 0) is 102 Å². The summed E-state index contributed by atoms with van der Waals surface area (Å²) in [5, 5.41) is 5.95. The Hall–Kier alpha value is -5.96. The highest BCUT2D eigenvalue weighted by Crippen LogP contribution is 2.21. The van der Waals surface area contributed by atoms with E-state index in [0.29, 0.717) is 23.3 Å². The molecule has 3 N–H and O–H groups in total. The van der Waals surface area contributed by atoms with Crippen LogP contribution >= 0.6 is 0 Å². The van der Waals surface area contributed by atoms with E-state index in [0.717, 1.165) is 16.8 Å². The number of carbonyl (C=O) groups is 4. The standard InChI is InChI=1S/C42H49N5O7/c1-9-23-47(26-29-15-20-33-32(24-29)38(50)44-27(2)43-33)31-18-16-30(17-19-31)37(49)46-34(39(51)53-41(3,4)5)21-22-36(48)45-35(40(52)54-42(6,7)8)25-28-13-11-10-12-14-28/h1,10-20,24,34-35H,21-23,25-26H2,2-8H3,(H,45,48)(H,46,49)(H,43,44,50)/t34-,35+/m0/s1. The summed E-state index contributed by atoms with van der Waals surface area (Å²) >= 11 is 0.